The molecule has 3 heteroatoms. The van der Waals surface area contributed by atoms with Crippen LogP contribution in [0.2, 0.25) is 0 Å². The Bertz CT molecular complexity index is 371. The minimum Gasteiger partial charge on any atom is -0.478 e. The summed E-state index contributed by atoms with van der Waals surface area (Å²) in [5, 5.41) is 8.97. The van der Waals surface area contributed by atoms with Crippen LogP contribution in [-0.4, -0.2) is 18.2 Å². The first-order valence-corrected chi connectivity index (χ1v) is 4.62. The molecule has 0 amide bonds. The second-order valence-electron chi connectivity index (χ2n) is 3.44. The molecule has 1 aromatic carbocycles. The van der Waals surface area contributed by atoms with E-state index < -0.39 is 5.97 Å². The predicted octanol–water partition coefficient (Wildman–Crippen LogP) is 2.02. The van der Waals surface area contributed by atoms with E-state index in [1.165, 1.54) is 0 Å². The standard InChI is InChI=1S/C11H12O3/c1-14-10-6-5-7-8(10)3-2-4-9(7)11(12)13/h2-4,10H,5-6H2,1H3,(H,12,13). The zero-order valence-corrected chi connectivity index (χ0v) is 7.99. The van der Waals surface area contributed by atoms with Crippen LogP contribution in [-0.2, 0) is 11.2 Å². The number of fused-ring (bicyclic) bond motifs is 1. The van der Waals surface area contributed by atoms with Crippen LogP contribution in [0.25, 0.3) is 0 Å². The van der Waals surface area contributed by atoms with Gasteiger partial charge < -0.3 is 9.84 Å². The Morgan fingerprint density at radius 2 is 2.36 bits per heavy atom. The summed E-state index contributed by atoms with van der Waals surface area (Å²) in [5.41, 5.74) is 2.39. The van der Waals surface area contributed by atoms with Gasteiger partial charge in [-0.1, -0.05) is 12.1 Å². The molecular formula is C11H12O3. The Balaban J connectivity index is 2.49. The molecular weight excluding hydrogens is 180 g/mol. The molecule has 0 saturated carbocycles. The number of methoxy groups -OCH3 is 1. The second kappa shape index (κ2) is 3.42. The molecule has 1 unspecified atom stereocenters. The first-order chi connectivity index (χ1) is 6.74. The highest BCUT2D eigenvalue weighted by Crippen LogP contribution is 2.35. The molecule has 2 rings (SSSR count). The smallest absolute Gasteiger partial charge is 0.335 e. The number of aromatic carboxylic acids is 1. The number of carboxylic acid groups (broad SMARTS) is 1. The first-order valence-electron chi connectivity index (χ1n) is 4.62. The molecule has 1 aromatic rings. The van der Waals surface area contributed by atoms with Gasteiger partial charge in [-0.2, -0.15) is 0 Å². The summed E-state index contributed by atoms with van der Waals surface area (Å²) in [4.78, 5) is 10.9. The molecule has 0 spiro atoms. The van der Waals surface area contributed by atoms with Gasteiger partial charge in [0.2, 0.25) is 0 Å². The van der Waals surface area contributed by atoms with Crippen LogP contribution in [0.15, 0.2) is 18.2 Å². The highest BCUT2D eigenvalue weighted by atomic mass is 16.5. The number of ether oxygens (including phenoxy) is 1. The van der Waals surface area contributed by atoms with Gasteiger partial charge in [-0.25, -0.2) is 4.79 Å². The maximum atomic E-state index is 10.9. The zero-order valence-electron chi connectivity index (χ0n) is 7.99. The van der Waals surface area contributed by atoms with Gasteiger partial charge in [0.15, 0.2) is 0 Å². The van der Waals surface area contributed by atoms with E-state index in [1.54, 1.807) is 19.2 Å². The Hall–Kier alpha value is -1.35. The van der Waals surface area contributed by atoms with Crippen molar-refractivity contribution in [1.29, 1.82) is 0 Å². The lowest BCUT2D eigenvalue weighted by atomic mass is 10.0. The molecule has 1 aliphatic rings. The van der Waals surface area contributed by atoms with Crippen molar-refractivity contribution < 1.29 is 14.6 Å². The summed E-state index contributed by atoms with van der Waals surface area (Å²) in [6.45, 7) is 0. The molecule has 1 N–H and O–H groups in total. The molecule has 0 aromatic heterocycles. The van der Waals surface area contributed by atoms with Crippen molar-refractivity contribution in [3.63, 3.8) is 0 Å². The Kier molecular flexibility index (Phi) is 2.25. The summed E-state index contributed by atoms with van der Waals surface area (Å²) in [5.74, 6) is -0.849. The molecule has 3 nitrogen and oxygen atoms in total. The molecule has 1 atom stereocenters. The third kappa shape index (κ3) is 1.30. The fraction of sp³-hybridized carbons (Fsp3) is 0.364. The molecule has 0 aliphatic heterocycles. The highest BCUT2D eigenvalue weighted by Gasteiger charge is 2.25. The van der Waals surface area contributed by atoms with Crippen LogP contribution >= 0.6 is 0 Å². The van der Waals surface area contributed by atoms with Gasteiger partial charge in [-0.3, -0.25) is 0 Å². The van der Waals surface area contributed by atoms with Crippen molar-refractivity contribution in [2.45, 2.75) is 18.9 Å². The van der Waals surface area contributed by atoms with Gasteiger partial charge in [0.25, 0.3) is 0 Å². The van der Waals surface area contributed by atoms with E-state index in [9.17, 15) is 4.79 Å². The van der Waals surface area contributed by atoms with E-state index in [0.29, 0.717) is 5.56 Å². The van der Waals surface area contributed by atoms with Crippen molar-refractivity contribution >= 4 is 5.97 Å². The number of benzene rings is 1. The summed E-state index contributed by atoms with van der Waals surface area (Å²) in [6.07, 6.45) is 1.76. The first kappa shape index (κ1) is 9.21. The van der Waals surface area contributed by atoms with Crippen molar-refractivity contribution in [2.24, 2.45) is 0 Å². The Morgan fingerprint density at radius 3 is 3.00 bits per heavy atom. The van der Waals surface area contributed by atoms with E-state index >= 15 is 0 Å². The normalized spacial score (nSPS) is 19.4. The van der Waals surface area contributed by atoms with Gasteiger partial charge in [-0.15, -0.1) is 0 Å². The molecule has 0 bridgehead atoms. The van der Waals surface area contributed by atoms with Crippen molar-refractivity contribution in [3.05, 3.63) is 34.9 Å². The van der Waals surface area contributed by atoms with Crippen LogP contribution in [0.3, 0.4) is 0 Å². The summed E-state index contributed by atoms with van der Waals surface area (Å²) in [7, 11) is 1.66. The highest BCUT2D eigenvalue weighted by molar-refractivity contribution is 5.90. The summed E-state index contributed by atoms with van der Waals surface area (Å²) in [6, 6.07) is 5.38. The zero-order chi connectivity index (χ0) is 10.1. The molecule has 14 heavy (non-hydrogen) atoms. The third-order valence-electron chi connectivity index (χ3n) is 2.73. The van der Waals surface area contributed by atoms with Crippen LogP contribution in [0, 0.1) is 0 Å². The van der Waals surface area contributed by atoms with Crippen LogP contribution in [0.4, 0.5) is 0 Å². The van der Waals surface area contributed by atoms with Crippen molar-refractivity contribution in [2.75, 3.05) is 7.11 Å². The van der Waals surface area contributed by atoms with E-state index in [2.05, 4.69) is 0 Å². The fourth-order valence-corrected chi connectivity index (χ4v) is 2.06. The van der Waals surface area contributed by atoms with Gasteiger partial charge in [0.05, 0.1) is 11.7 Å². The molecule has 0 saturated heterocycles. The van der Waals surface area contributed by atoms with E-state index in [4.69, 9.17) is 9.84 Å². The lowest BCUT2D eigenvalue weighted by Crippen LogP contribution is -2.02. The Morgan fingerprint density at radius 1 is 1.57 bits per heavy atom. The number of hydrogen-bond acceptors (Lipinski definition) is 2. The fourth-order valence-electron chi connectivity index (χ4n) is 2.06. The predicted molar refractivity (Wildman–Crippen MR) is 51.5 cm³/mol. The number of rotatable bonds is 2. The van der Waals surface area contributed by atoms with Crippen LogP contribution in [0.5, 0.6) is 0 Å². The summed E-state index contributed by atoms with van der Waals surface area (Å²) >= 11 is 0. The number of hydrogen-bond donors (Lipinski definition) is 1. The average molecular weight is 192 g/mol. The third-order valence-corrected chi connectivity index (χ3v) is 2.73. The largest absolute Gasteiger partial charge is 0.478 e. The Labute approximate surface area is 82.3 Å². The summed E-state index contributed by atoms with van der Waals surface area (Å²) < 4.78 is 5.28. The molecule has 74 valence electrons. The molecule has 0 radical (unpaired) electrons. The molecule has 1 aliphatic carbocycles. The van der Waals surface area contributed by atoms with Gasteiger partial charge in [0.1, 0.15) is 0 Å². The second-order valence-corrected chi connectivity index (χ2v) is 3.44. The van der Waals surface area contributed by atoms with Crippen molar-refractivity contribution in [3.8, 4) is 0 Å². The maximum Gasteiger partial charge on any atom is 0.335 e. The van der Waals surface area contributed by atoms with E-state index in [-0.39, 0.29) is 6.10 Å². The number of carboxylic acids is 1. The van der Waals surface area contributed by atoms with E-state index in [1.807, 2.05) is 6.07 Å². The monoisotopic (exact) mass is 192 g/mol. The van der Waals surface area contributed by atoms with Gasteiger partial charge >= 0.3 is 5.97 Å². The lowest BCUT2D eigenvalue weighted by Gasteiger charge is -2.09. The quantitative estimate of drug-likeness (QED) is 0.779. The molecule has 0 fully saturated rings. The SMILES string of the molecule is COC1CCc2c(C(=O)O)cccc21. The van der Waals surface area contributed by atoms with E-state index in [0.717, 1.165) is 24.0 Å². The van der Waals surface area contributed by atoms with Crippen molar-refractivity contribution in [1.82, 2.24) is 0 Å². The molecule has 0 heterocycles. The topological polar surface area (TPSA) is 46.5 Å². The minimum atomic E-state index is -0.849. The van der Waals surface area contributed by atoms with Gasteiger partial charge in [-0.05, 0) is 30.0 Å². The maximum absolute atomic E-state index is 10.9. The van der Waals surface area contributed by atoms with Crippen LogP contribution < -0.4 is 0 Å². The number of carbonyl (C=O) groups is 1. The van der Waals surface area contributed by atoms with Gasteiger partial charge in [0, 0.05) is 7.11 Å². The average Bonchev–Trinajstić information content (AvgIpc) is 2.59. The minimum absolute atomic E-state index is 0.0734. The van der Waals surface area contributed by atoms with Crippen LogP contribution in [0.1, 0.15) is 34.0 Å². The lowest BCUT2D eigenvalue weighted by molar-refractivity contribution is 0.0696.